The van der Waals surface area contributed by atoms with Crippen molar-refractivity contribution in [2.45, 2.75) is 19.4 Å². The predicted molar refractivity (Wildman–Crippen MR) is 66.6 cm³/mol. The first kappa shape index (κ1) is 14.3. The Morgan fingerprint density at radius 1 is 1.67 bits per heavy atom. The van der Waals surface area contributed by atoms with Crippen LogP contribution in [0.1, 0.15) is 12.0 Å². The van der Waals surface area contributed by atoms with Gasteiger partial charge in [0.25, 0.3) is 5.69 Å². The topological polar surface area (TPSA) is 97.5 Å². The van der Waals surface area contributed by atoms with Crippen LogP contribution in [0.15, 0.2) is 12.3 Å². The summed E-state index contributed by atoms with van der Waals surface area (Å²) in [6, 6.07) is 1.41. The summed E-state index contributed by atoms with van der Waals surface area (Å²) < 4.78 is 4.93. The molecule has 7 nitrogen and oxygen atoms in total. The maximum absolute atomic E-state index is 10.6. The number of aryl methyl sites for hydroxylation is 1. The third-order valence-corrected chi connectivity index (χ3v) is 2.52. The highest BCUT2D eigenvalue weighted by atomic mass is 16.6. The van der Waals surface area contributed by atoms with Gasteiger partial charge in [0.15, 0.2) is 0 Å². The molecule has 0 saturated carbocycles. The molecule has 0 aliphatic heterocycles. The third kappa shape index (κ3) is 3.94. The average Bonchev–Trinajstić information content (AvgIpc) is 2.34. The van der Waals surface area contributed by atoms with Crippen molar-refractivity contribution in [1.29, 1.82) is 0 Å². The van der Waals surface area contributed by atoms with Crippen LogP contribution >= 0.6 is 0 Å². The molecule has 7 heteroatoms. The van der Waals surface area contributed by atoms with E-state index in [9.17, 15) is 15.2 Å². The molecule has 1 heterocycles. The van der Waals surface area contributed by atoms with Gasteiger partial charge in [-0.2, -0.15) is 0 Å². The van der Waals surface area contributed by atoms with Gasteiger partial charge in [-0.05, 0) is 19.4 Å². The van der Waals surface area contributed by atoms with Crippen LogP contribution in [-0.4, -0.2) is 41.4 Å². The molecule has 18 heavy (non-hydrogen) atoms. The Morgan fingerprint density at radius 3 is 2.89 bits per heavy atom. The maximum Gasteiger partial charge on any atom is 0.290 e. The van der Waals surface area contributed by atoms with Gasteiger partial charge >= 0.3 is 0 Å². The molecule has 1 aromatic heterocycles. The van der Waals surface area contributed by atoms with E-state index in [-0.39, 0.29) is 18.3 Å². The van der Waals surface area contributed by atoms with Gasteiger partial charge in [0, 0.05) is 19.3 Å². The Morgan fingerprint density at radius 2 is 2.39 bits per heavy atom. The number of pyridine rings is 1. The van der Waals surface area contributed by atoms with Crippen molar-refractivity contribution in [1.82, 2.24) is 4.98 Å². The molecular formula is C11H17N3O4. The van der Waals surface area contributed by atoms with Crippen molar-refractivity contribution in [3.05, 3.63) is 27.9 Å². The van der Waals surface area contributed by atoms with Gasteiger partial charge in [-0.1, -0.05) is 0 Å². The van der Waals surface area contributed by atoms with Crippen LogP contribution < -0.4 is 5.32 Å². The largest absolute Gasteiger partial charge is 0.394 e. The number of nitro groups is 1. The summed E-state index contributed by atoms with van der Waals surface area (Å²) in [5.41, 5.74) is 0.513. The number of nitrogens with one attached hydrogen (secondary N) is 1. The Kier molecular flexibility index (Phi) is 5.47. The number of aliphatic hydroxyl groups excluding tert-OH is 1. The lowest BCUT2D eigenvalue weighted by molar-refractivity contribution is -0.385. The van der Waals surface area contributed by atoms with Gasteiger partial charge < -0.3 is 15.2 Å². The Bertz CT molecular complexity index is 411. The van der Waals surface area contributed by atoms with E-state index >= 15 is 0 Å². The zero-order valence-corrected chi connectivity index (χ0v) is 10.4. The zero-order valence-electron chi connectivity index (χ0n) is 10.4. The fourth-order valence-corrected chi connectivity index (χ4v) is 1.50. The fourth-order valence-electron chi connectivity index (χ4n) is 1.50. The molecule has 0 aromatic carbocycles. The highest BCUT2D eigenvalue weighted by Gasteiger charge is 2.13. The van der Waals surface area contributed by atoms with Gasteiger partial charge in [0.2, 0.25) is 0 Å². The van der Waals surface area contributed by atoms with Crippen LogP contribution in [0.3, 0.4) is 0 Å². The molecule has 0 amide bonds. The Labute approximate surface area is 105 Å². The van der Waals surface area contributed by atoms with E-state index in [1.165, 1.54) is 6.20 Å². The molecule has 100 valence electrons. The number of anilines is 1. The summed E-state index contributed by atoms with van der Waals surface area (Å²) in [5.74, 6) is 0.508. The molecule has 0 aliphatic carbocycles. The van der Waals surface area contributed by atoms with Gasteiger partial charge in [0.1, 0.15) is 12.0 Å². The molecule has 1 atom stereocenters. The first-order valence-electron chi connectivity index (χ1n) is 5.55. The van der Waals surface area contributed by atoms with Gasteiger partial charge in [0.05, 0.1) is 17.6 Å². The van der Waals surface area contributed by atoms with Crippen LogP contribution in [0.25, 0.3) is 0 Å². The van der Waals surface area contributed by atoms with E-state index in [1.54, 1.807) is 20.1 Å². The molecule has 0 fully saturated rings. The van der Waals surface area contributed by atoms with Crippen LogP contribution in [0.4, 0.5) is 11.5 Å². The molecule has 0 saturated heterocycles. The van der Waals surface area contributed by atoms with Gasteiger partial charge in [-0.25, -0.2) is 4.98 Å². The number of nitrogens with zero attached hydrogens (tertiary/aromatic N) is 2. The number of rotatable bonds is 7. The first-order chi connectivity index (χ1) is 8.58. The summed E-state index contributed by atoms with van der Waals surface area (Å²) in [5, 5.41) is 22.8. The quantitative estimate of drug-likeness (QED) is 0.559. The second-order valence-corrected chi connectivity index (χ2v) is 3.92. The summed E-state index contributed by atoms with van der Waals surface area (Å²) in [6.07, 6.45) is 1.84. The van der Waals surface area contributed by atoms with Crippen LogP contribution in [-0.2, 0) is 4.74 Å². The van der Waals surface area contributed by atoms with E-state index < -0.39 is 4.92 Å². The smallest absolute Gasteiger partial charge is 0.290 e. The molecule has 0 aliphatic rings. The normalized spacial score (nSPS) is 12.2. The molecule has 1 rings (SSSR count). The summed E-state index contributed by atoms with van der Waals surface area (Å²) in [4.78, 5) is 14.1. The van der Waals surface area contributed by atoms with Crippen LogP contribution in [0.5, 0.6) is 0 Å². The third-order valence-electron chi connectivity index (χ3n) is 2.52. The maximum atomic E-state index is 10.6. The van der Waals surface area contributed by atoms with Crippen LogP contribution in [0, 0.1) is 17.0 Å². The Balaban J connectivity index is 2.72. The van der Waals surface area contributed by atoms with Gasteiger partial charge in [-0.3, -0.25) is 10.1 Å². The molecular weight excluding hydrogens is 238 g/mol. The number of aromatic nitrogens is 1. The molecule has 1 aromatic rings. The fraction of sp³-hybridized carbons (Fsp3) is 0.545. The van der Waals surface area contributed by atoms with Crippen molar-refractivity contribution in [2.75, 3.05) is 25.6 Å². The standard InChI is InChI=1S/C11H17N3O4/c1-8-5-11(12-6-10(8)14(16)17)13-9(7-15)3-4-18-2/h5-6,9,15H,3-4,7H2,1-2H3,(H,12,13). The minimum absolute atomic E-state index is 0.0158. The van der Waals surface area contributed by atoms with Crippen molar-refractivity contribution in [2.24, 2.45) is 0 Å². The predicted octanol–water partition coefficient (Wildman–Crippen LogP) is 1.11. The molecule has 0 spiro atoms. The first-order valence-corrected chi connectivity index (χ1v) is 5.55. The average molecular weight is 255 g/mol. The molecule has 2 N–H and O–H groups in total. The number of aliphatic hydroxyl groups is 1. The summed E-state index contributed by atoms with van der Waals surface area (Å²) in [7, 11) is 1.59. The minimum atomic E-state index is -0.472. The lowest BCUT2D eigenvalue weighted by atomic mass is 10.2. The van der Waals surface area contributed by atoms with Crippen molar-refractivity contribution in [3.63, 3.8) is 0 Å². The van der Waals surface area contributed by atoms with E-state index in [0.717, 1.165) is 0 Å². The molecule has 0 bridgehead atoms. The van der Waals surface area contributed by atoms with E-state index in [4.69, 9.17) is 4.74 Å². The SMILES string of the molecule is COCCC(CO)Nc1cc(C)c([N+](=O)[O-])cn1. The highest BCUT2D eigenvalue weighted by molar-refractivity contribution is 5.47. The van der Waals surface area contributed by atoms with Crippen molar-refractivity contribution in [3.8, 4) is 0 Å². The lowest BCUT2D eigenvalue weighted by Crippen LogP contribution is -2.25. The summed E-state index contributed by atoms with van der Waals surface area (Å²) in [6.45, 7) is 2.11. The monoisotopic (exact) mass is 255 g/mol. The Hall–Kier alpha value is -1.73. The summed E-state index contributed by atoms with van der Waals surface area (Å²) >= 11 is 0. The zero-order chi connectivity index (χ0) is 13.5. The van der Waals surface area contributed by atoms with Crippen molar-refractivity contribution >= 4 is 11.5 Å². The highest BCUT2D eigenvalue weighted by Crippen LogP contribution is 2.19. The van der Waals surface area contributed by atoms with Crippen LogP contribution in [0.2, 0.25) is 0 Å². The second-order valence-electron chi connectivity index (χ2n) is 3.92. The van der Waals surface area contributed by atoms with E-state index in [0.29, 0.717) is 24.4 Å². The van der Waals surface area contributed by atoms with E-state index in [1.807, 2.05) is 0 Å². The number of methoxy groups -OCH3 is 1. The number of hydrogen-bond acceptors (Lipinski definition) is 6. The van der Waals surface area contributed by atoms with Gasteiger partial charge in [-0.15, -0.1) is 0 Å². The lowest BCUT2D eigenvalue weighted by Gasteiger charge is -2.16. The van der Waals surface area contributed by atoms with E-state index in [2.05, 4.69) is 10.3 Å². The number of hydrogen-bond donors (Lipinski definition) is 2. The van der Waals surface area contributed by atoms with Crippen molar-refractivity contribution < 1.29 is 14.8 Å². The number of ether oxygens (including phenoxy) is 1. The molecule has 1 unspecified atom stereocenters. The second kappa shape index (κ2) is 6.87. The molecule has 0 radical (unpaired) electrons. The minimum Gasteiger partial charge on any atom is -0.394 e.